The van der Waals surface area contributed by atoms with E-state index in [1.807, 2.05) is 0 Å². The van der Waals surface area contributed by atoms with Gasteiger partial charge in [0.25, 0.3) is 0 Å². The molecule has 0 aromatic carbocycles. The molecule has 0 saturated heterocycles. The van der Waals surface area contributed by atoms with E-state index >= 15 is 0 Å². The highest BCUT2D eigenvalue weighted by atomic mass is 16.4. The number of carbonyl (C=O) groups excluding carboxylic acids is 4. The Labute approximate surface area is 172 Å². The van der Waals surface area contributed by atoms with Crippen LogP contribution in [0.15, 0.2) is 0 Å². The van der Waals surface area contributed by atoms with Crippen molar-refractivity contribution in [2.24, 2.45) is 17.4 Å². The molecule has 30 heavy (non-hydrogen) atoms. The number of carboxylic acids is 2. The lowest BCUT2D eigenvalue weighted by molar-refractivity contribution is -0.143. The van der Waals surface area contributed by atoms with Gasteiger partial charge in [-0.1, -0.05) is 13.8 Å². The SMILES string of the molecule is CC(NC(=O)C(CCC(=O)O)NC(=O)C(N)CC(N)=O)C(=O)NC(C(=O)O)C(C)C. The molecule has 0 aromatic rings. The lowest BCUT2D eigenvalue weighted by atomic mass is 10.0. The van der Waals surface area contributed by atoms with Gasteiger partial charge in [0.05, 0.1) is 12.5 Å². The number of amides is 4. The largest absolute Gasteiger partial charge is 0.481 e. The standard InChI is InChI=1S/C17H29N5O8/c1-7(2)13(17(29)30)22-14(26)8(3)20-16(28)10(4-5-12(24)25)21-15(27)9(18)6-11(19)23/h7-10,13H,4-6,18H2,1-3H3,(H2,19,23)(H,20,28)(H,21,27)(H,22,26)(H,24,25)(H,29,30). The summed E-state index contributed by atoms with van der Waals surface area (Å²) < 4.78 is 0. The summed E-state index contributed by atoms with van der Waals surface area (Å²) in [5, 5.41) is 24.8. The van der Waals surface area contributed by atoms with Crippen LogP contribution in [-0.4, -0.2) is 69.9 Å². The first-order valence-corrected chi connectivity index (χ1v) is 9.15. The summed E-state index contributed by atoms with van der Waals surface area (Å²) in [7, 11) is 0. The van der Waals surface area contributed by atoms with Gasteiger partial charge in [0.15, 0.2) is 0 Å². The molecule has 13 nitrogen and oxygen atoms in total. The Bertz CT molecular complexity index is 681. The van der Waals surface area contributed by atoms with Crippen molar-refractivity contribution in [1.82, 2.24) is 16.0 Å². The van der Waals surface area contributed by atoms with Gasteiger partial charge in [-0.05, 0) is 19.3 Å². The molecule has 0 fully saturated rings. The van der Waals surface area contributed by atoms with Crippen LogP contribution in [0.4, 0.5) is 0 Å². The molecule has 13 heteroatoms. The topological polar surface area (TPSA) is 231 Å². The maximum Gasteiger partial charge on any atom is 0.326 e. The molecule has 0 rings (SSSR count). The fourth-order valence-electron chi connectivity index (χ4n) is 2.30. The Hall–Kier alpha value is -3.22. The average Bonchev–Trinajstić information content (AvgIpc) is 2.60. The first-order chi connectivity index (χ1) is 13.8. The average molecular weight is 431 g/mol. The maximum absolute atomic E-state index is 12.5. The number of aliphatic carboxylic acids is 2. The minimum Gasteiger partial charge on any atom is -0.481 e. The highest BCUT2D eigenvalue weighted by Crippen LogP contribution is 2.04. The third-order valence-corrected chi connectivity index (χ3v) is 4.02. The van der Waals surface area contributed by atoms with Crippen molar-refractivity contribution in [3.8, 4) is 0 Å². The molecule has 9 N–H and O–H groups in total. The van der Waals surface area contributed by atoms with Crippen LogP contribution in [0.2, 0.25) is 0 Å². The monoisotopic (exact) mass is 431 g/mol. The summed E-state index contributed by atoms with van der Waals surface area (Å²) in [6, 6.07) is -5.05. The number of hydrogen-bond donors (Lipinski definition) is 7. The molecular formula is C17H29N5O8. The van der Waals surface area contributed by atoms with Crippen molar-refractivity contribution >= 4 is 35.6 Å². The molecule has 0 bridgehead atoms. The smallest absolute Gasteiger partial charge is 0.326 e. The summed E-state index contributed by atoms with van der Waals surface area (Å²) in [6.45, 7) is 4.48. The van der Waals surface area contributed by atoms with E-state index in [9.17, 15) is 28.8 Å². The van der Waals surface area contributed by atoms with Gasteiger partial charge in [0.2, 0.25) is 23.6 Å². The summed E-state index contributed by atoms with van der Waals surface area (Å²) in [5.41, 5.74) is 10.5. The van der Waals surface area contributed by atoms with E-state index in [1.165, 1.54) is 6.92 Å². The highest BCUT2D eigenvalue weighted by molar-refractivity contribution is 5.95. The van der Waals surface area contributed by atoms with Crippen LogP contribution in [0.5, 0.6) is 0 Å². The van der Waals surface area contributed by atoms with E-state index in [0.717, 1.165) is 0 Å². The normalized spacial score (nSPS) is 14.7. The third kappa shape index (κ3) is 9.82. The fraction of sp³-hybridized carbons (Fsp3) is 0.647. The third-order valence-electron chi connectivity index (χ3n) is 4.02. The van der Waals surface area contributed by atoms with Gasteiger partial charge in [-0.25, -0.2) is 4.79 Å². The maximum atomic E-state index is 12.5. The van der Waals surface area contributed by atoms with Crippen molar-refractivity contribution in [3.63, 3.8) is 0 Å². The summed E-state index contributed by atoms with van der Waals surface area (Å²) in [5.74, 6) is -6.28. The number of rotatable bonds is 13. The molecule has 170 valence electrons. The van der Waals surface area contributed by atoms with E-state index in [4.69, 9.17) is 21.7 Å². The summed E-state index contributed by atoms with van der Waals surface area (Å²) in [4.78, 5) is 69.6. The van der Waals surface area contributed by atoms with Crippen molar-refractivity contribution in [2.75, 3.05) is 0 Å². The first-order valence-electron chi connectivity index (χ1n) is 9.15. The van der Waals surface area contributed by atoms with Gasteiger partial charge in [0, 0.05) is 6.42 Å². The lowest BCUT2D eigenvalue weighted by Crippen LogP contribution is -2.57. The Morgan fingerprint density at radius 2 is 1.43 bits per heavy atom. The predicted octanol–water partition coefficient (Wildman–Crippen LogP) is -2.73. The second-order valence-corrected chi connectivity index (χ2v) is 7.07. The Morgan fingerprint density at radius 1 is 0.867 bits per heavy atom. The molecule has 0 aliphatic carbocycles. The van der Waals surface area contributed by atoms with E-state index < -0.39 is 78.5 Å². The molecule has 4 unspecified atom stereocenters. The van der Waals surface area contributed by atoms with Crippen LogP contribution >= 0.6 is 0 Å². The zero-order valence-electron chi connectivity index (χ0n) is 17.0. The number of nitrogens with two attached hydrogens (primary N) is 2. The molecule has 4 amide bonds. The van der Waals surface area contributed by atoms with Gasteiger partial charge in [-0.3, -0.25) is 24.0 Å². The van der Waals surface area contributed by atoms with Gasteiger partial charge < -0.3 is 37.6 Å². The van der Waals surface area contributed by atoms with Crippen LogP contribution in [0.3, 0.4) is 0 Å². The molecule has 0 aliphatic heterocycles. The van der Waals surface area contributed by atoms with Gasteiger partial charge >= 0.3 is 11.9 Å². The minimum absolute atomic E-state index is 0.311. The first kappa shape index (κ1) is 26.8. The highest BCUT2D eigenvalue weighted by Gasteiger charge is 2.29. The summed E-state index contributed by atoms with van der Waals surface area (Å²) >= 11 is 0. The Balaban J connectivity index is 5.15. The molecular weight excluding hydrogens is 402 g/mol. The minimum atomic E-state index is -1.36. The number of carbonyl (C=O) groups is 6. The van der Waals surface area contributed by atoms with Crippen molar-refractivity contribution in [3.05, 3.63) is 0 Å². The van der Waals surface area contributed by atoms with E-state index in [0.29, 0.717) is 0 Å². The second-order valence-electron chi connectivity index (χ2n) is 7.07. The molecule has 0 heterocycles. The Kier molecular flexibility index (Phi) is 11.0. The number of nitrogens with one attached hydrogen (secondary N) is 3. The van der Waals surface area contributed by atoms with Gasteiger partial charge in [-0.2, -0.15) is 0 Å². The van der Waals surface area contributed by atoms with E-state index in [2.05, 4.69) is 16.0 Å². The van der Waals surface area contributed by atoms with Crippen LogP contribution in [0, 0.1) is 5.92 Å². The van der Waals surface area contributed by atoms with Crippen LogP contribution in [-0.2, 0) is 28.8 Å². The zero-order valence-corrected chi connectivity index (χ0v) is 17.0. The quantitative estimate of drug-likeness (QED) is 0.160. The van der Waals surface area contributed by atoms with E-state index in [1.54, 1.807) is 13.8 Å². The molecule has 4 atom stereocenters. The van der Waals surface area contributed by atoms with Gasteiger partial charge in [-0.15, -0.1) is 0 Å². The second kappa shape index (κ2) is 12.4. The van der Waals surface area contributed by atoms with Crippen molar-refractivity contribution < 1.29 is 39.0 Å². The van der Waals surface area contributed by atoms with Crippen LogP contribution < -0.4 is 27.4 Å². The molecule has 0 aromatic heterocycles. The number of primary amides is 1. The van der Waals surface area contributed by atoms with E-state index in [-0.39, 0.29) is 6.42 Å². The number of carboxylic acid groups (broad SMARTS) is 2. The Morgan fingerprint density at radius 3 is 1.87 bits per heavy atom. The molecule has 0 radical (unpaired) electrons. The number of hydrogen-bond acceptors (Lipinski definition) is 7. The lowest BCUT2D eigenvalue weighted by Gasteiger charge is -2.24. The van der Waals surface area contributed by atoms with Crippen LogP contribution in [0.25, 0.3) is 0 Å². The molecule has 0 saturated carbocycles. The summed E-state index contributed by atoms with van der Waals surface area (Å²) in [6.07, 6.45) is -1.27. The fourth-order valence-corrected chi connectivity index (χ4v) is 2.30. The molecule has 0 aliphatic rings. The zero-order chi connectivity index (χ0) is 23.6. The van der Waals surface area contributed by atoms with Crippen molar-refractivity contribution in [2.45, 2.75) is 64.2 Å². The van der Waals surface area contributed by atoms with Gasteiger partial charge in [0.1, 0.15) is 18.1 Å². The molecule has 0 spiro atoms. The van der Waals surface area contributed by atoms with Crippen molar-refractivity contribution in [1.29, 1.82) is 0 Å². The predicted molar refractivity (Wildman–Crippen MR) is 103 cm³/mol. The van der Waals surface area contributed by atoms with Crippen LogP contribution in [0.1, 0.15) is 40.0 Å².